The average Bonchev–Trinajstić information content (AvgIpc) is 0.811. The van der Waals surface area contributed by atoms with E-state index in [1.807, 2.05) is 0 Å². The van der Waals surface area contributed by atoms with Crippen LogP contribution in [0, 0.1) is 0 Å². The molecule has 0 aromatic rings. The van der Waals surface area contributed by atoms with Gasteiger partial charge in [-0.1, -0.05) is 0 Å². The summed E-state index contributed by atoms with van der Waals surface area (Å²) < 4.78 is 0. The Morgan fingerprint density at radius 2 is 1.33 bits per heavy atom. The molecule has 0 aromatic carbocycles. The van der Waals surface area contributed by atoms with Crippen LogP contribution < -0.4 is 0 Å². The van der Waals surface area contributed by atoms with Crippen LogP contribution in [-0.2, 0) is 0 Å². The van der Waals surface area contributed by atoms with Gasteiger partial charge in [-0.25, -0.2) is 4.79 Å². The first-order valence-electron chi connectivity index (χ1n) is 0.651. The summed E-state index contributed by atoms with van der Waals surface area (Å²) in [5.41, 5.74) is 0. The number of hydrogen-bond donors (Lipinski definition) is 2. The van der Waals surface area contributed by atoms with Crippen molar-refractivity contribution in [1.29, 1.82) is 0 Å². The van der Waals surface area contributed by atoms with Crippen molar-refractivity contribution in [2.24, 2.45) is 0 Å². The van der Waals surface area contributed by atoms with Crippen molar-refractivity contribution >= 4 is 62.8 Å². The molecule has 0 aromatic heterocycles. The van der Waals surface area contributed by atoms with Crippen LogP contribution in [0.15, 0.2) is 0 Å². The van der Waals surface area contributed by atoms with Crippen molar-refractivity contribution < 1.29 is 15.0 Å². The van der Waals surface area contributed by atoms with E-state index < -0.39 is 6.16 Å². The van der Waals surface area contributed by atoms with E-state index in [9.17, 15) is 0 Å². The second kappa shape index (κ2) is 9.46. The van der Waals surface area contributed by atoms with Gasteiger partial charge in [0, 0.05) is 0 Å². The standard InChI is InChI=1S/CH2O3.Ca.Li.3H/c2-1(3)4;;;;;/h(H2,2,3,4);;;;;. The summed E-state index contributed by atoms with van der Waals surface area (Å²) in [5.74, 6) is 0. The summed E-state index contributed by atoms with van der Waals surface area (Å²) in [6.07, 6.45) is -1.83. The Labute approximate surface area is 76.9 Å². The zero-order chi connectivity index (χ0) is 3.58. The number of rotatable bonds is 0. The van der Waals surface area contributed by atoms with Crippen molar-refractivity contribution in [2.45, 2.75) is 0 Å². The van der Waals surface area contributed by atoms with Crippen LogP contribution in [0.2, 0.25) is 0 Å². The van der Waals surface area contributed by atoms with Crippen LogP contribution in [0.3, 0.4) is 0 Å². The van der Waals surface area contributed by atoms with Crippen molar-refractivity contribution in [1.82, 2.24) is 0 Å². The Bertz CT molecular complexity index is 33.8. The number of carbonyl (C=O) groups is 1. The van der Waals surface area contributed by atoms with Gasteiger partial charge >= 0.3 is 62.8 Å². The molecule has 0 saturated carbocycles. The summed E-state index contributed by atoms with van der Waals surface area (Å²) in [7, 11) is 0. The zero-order valence-electron chi connectivity index (χ0n) is 1.80. The molecule has 0 rings (SSSR count). The first kappa shape index (κ1) is 15.7. The number of hydrogen-bond acceptors (Lipinski definition) is 1. The third-order valence-corrected chi connectivity index (χ3v) is 0. The molecule has 0 bridgehead atoms. The average molecular weight is 112 g/mol. The van der Waals surface area contributed by atoms with Gasteiger partial charge < -0.3 is 10.2 Å². The summed E-state index contributed by atoms with van der Waals surface area (Å²) in [6.45, 7) is 0. The van der Waals surface area contributed by atoms with Gasteiger partial charge in [0.2, 0.25) is 0 Å². The minimum absolute atomic E-state index is 0. The van der Waals surface area contributed by atoms with Crippen LogP contribution in [0.25, 0.3) is 0 Å². The molecule has 0 aliphatic heterocycles. The summed E-state index contributed by atoms with van der Waals surface area (Å²) >= 11 is 0. The molecule has 0 atom stereocenters. The third-order valence-electron chi connectivity index (χ3n) is 0. The monoisotopic (exact) mass is 112 g/mol. The molecular weight excluding hydrogens is 107 g/mol. The van der Waals surface area contributed by atoms with Crippen LogP contribution in [0.4, 0.5) is 4.79 Å². The van der Waals surface area contributed by atoms with Crippen molar-refractivity contribution in [3.8, 4) is 0 Å². The molecule has 0 spiro atoms. The van der Waals surface area contributed by atoms with E-state index in [0.717, 1.165) is 0 Å². The van der Waals surface area contributed by atoms with E-state index in [0.29, 0.717) is 0 Å². The minimum atomic E-state index is -1.83. The molecule has 0 amide bonds. The molecule has 0 aliphatic carbocycles. The quantitative estimate of drug-likeness (QED) is 0.381. The normalized spacial score (nSPS) is 4.00. The maximum absolute atomic E-state index is 8.56. The molecule has 0 saturated heterocycles. The molecule has 2 N–H and O–H groups in total. The van der Waals surface area contributed by atoms with Gasteiger partial charge in [-0.05, 0) is 0 Å². The van der Waals surface area contributed by atoms with Crippen LogP contribution in [0.1, 0.15) is 0 Å². The predicted molar refractivity (Wildman–Crippen MR) is 26.3 cm³/mol. The molecule has 0 fully saturated rings. The molecule has 6 heavy (non-hydrogen) atoms. The van der Waals surface area contributed by atoms with Crippen molar-refractivity contribution in [2.75, 3.05) is 0 Å². The predicted octanol–water partition coefficient (Wildman–Crippen LogP) is -1.34. The topological polar surface area (TPSA) is 57.5 Å². The molecule has 0 heterocycles. The molecule has 0 aliphatic rings. The molecular formula is CH5CaLiO3. The second-order valence-electron chi connectivity index (χ2n) is 0.283. The summed E-state index contributed by atoms with van der Waals surface area (Å²) in [5, 5.41) is 13.9. The van der Waals surface area contributed by atoms with Crippen LogP contribution in [-0.4, -0.2) is 73.0 Å². The zero-order valence-corrected chi connectivity index (χ0v) is 1.80. The Morgan fingerprint density at radius 1 is 1.33 bits per heavy atom. The van der Waals surface area contributed by atoms with E-state index in [2.05, 4.69) is 0 Å². The summed E-state index contributed by atoms with van der Waals surface area (Å²) in [4.78, 5) is 8.56. The van der Waals surface area contributed by atoms with Gasteiger partial charge in [0.1, 0.15) is 0 Å². The fourth-order valence-corrected chi connectivity index (χ4v) is 0. The molecule has 0 radical (unpaired) electrons. The fraction of sp³-hybridized carbons (Fsp3) is 0. The van der Waals surface area contributed by atoms with Gasteiger partial charge in [0.15, 0.2) is 0 Å². The van der Waals surface area contributed by atoms with E-state index in [4.69, 9.17) is 15.0 Å². The maximum atomic E-state index is 8.56. The molecule has 30 valence electrons. The van der Waals surface area contributed by atoms with Crippen LogP contribution >= 0.6 is 0 Å². The number of carboxylic acid groups (broad SMARTS) is 2. The van der Waals surface area contributed by atoms with E-state index >= 15 is 0 Å². The first-order chi connectivity index (χ1) is 1.73. The SMILES string of the molecule is O=C(O)O.[CaH2].[LiH]. The Morgan fingerprint density at radius 3 is 1.33 bits per heavy atom. The van der Waals surface area contributed by atoms with Crippen molar-refractivity contribution in [3.05, 3.63) is 0 Å². The second-order valence-corrected chi connectivity index (χ2v) is 0.283. The Kier molecular flexibility index (Phi) is 24.8. The van der Waals surface area contributed by atoms with E-state index in [1.54, 1.807) is 0 Å². The third kappa shape index (κ3) is 68.7. The first-order valence-corrected chi connectivity index (χ1v) is 0.651. The fourth-order valence-electron chi connectivity index (χ4n) is 0. The van der Waals surface area contributed by atoms with Crippen LogP contribution in [0.5, 0.6) is 0 Å². The molecule has 5 heteroatoms. The molecule has 3 nitrogen and oxygen atoms in total. The van der Waals surface area contributed by atoms with Crippen molar-refractivity contribution in [3.63, 3.8) is 0 Å². The van der Waals surface area contributed by atoms with Gasteiger partial charge in [-0.2, -0.15) is 0 Å². The van der Waals surface area contributed by atoms with E-state index in [1.165, 1.54) is 0 Å². The van der Waals surface area contributed by atoms with Gasteiger partial charge in [-0.3, -0.25) is 0 Å². The van der Waals surface area contributed by atoms with E-state index in [-0.39, 0.29) is 56.6 Å². The summed E-state index contributed by atoms with van der Waals surface area (Å²) in [6, 6.07) is 0. The van der Waals surface area contributed by atoms with Gasteiger partial charge in [0.05, 0.1) is 0 Å². The van der Waals surface area contributed by atoms with Gasteiger partial charge in [-0.15, -0.1) is 0 Å². The Hall–Kier alpha value is 1.13. The molecule has 0 unspecified atom stereocenters. The van der Waals surface area contributed by atoms with Gasteiger partial charge in [0.25, 0.3) is 0 Å². The Balaban J connectivity index is -0.0000000450.